The summed E-state index contributed by atoms with van der Waals surface area (Å²) in [4.78, 5) is 45.0. The summed E-state index contributed by atoms with van der Waals surface area (Å²) < 4.78 is 5.31. The molecule has 1 fully saturated rings. The number of hydrogen-bond donors (Lipinski definition) is 4. The van der Waals surface area contributed by atoms with Crippen LogP contribution in [0.25, 0.3) is 0 Å². The number of rotatable bonds is 11. The number of anilines is 2. The van der Waals surface area contributed by atoms with Crippen LogP contribution < -0.4 is 21.3 Å². The number of ether oxygens (including phenoxy) is 1. The molecule has 4 rings (SSSR count). The van der Waals surface area contributed by atoms with Crippen molar-refractivity contribution in [1.29, 1.82) is 0 Å². The van der Waals surface area contributed by atoms with Crippen molar-refractivity contribution < 1.29 is 19.1 Å². The van der Waals surface area contributed by atoms with Crippen LogP contribution in [0.3, 0.4) is 0 Å². The summed E-state index contributed by atoms with van der Waals surface area (Å²) in [7, 11) is 0. The lowest BCUT2D eigenvalue weighted by Gasteiger charge is -2.28. The first kappa shape index (κ1) is 32.0. The van der Waals surface area contributed by atoms with Crippen molar-refractivity contribution in [3.63, 3.8) is 0 Å². The Morgan fingerprint density at radius 1 is 1.07 bits per heavy atom. The van der Waals surface area contributed by atoms with E-state index in [0.29, 0.717) is 24.0 Å². The van der Waals surface area contributed by atoms with Crippen LogP contribution in [0.2, 0.25) is 0 Å². The van der Waals surface area contributed by atoms with Crippen LogP contribution in [-0.4, -0.2) is 59.2 Å². The highest BCUT2D eigenvalue weighted by molar-refractivity contribution is 7.09. The van der Waals surface area contributed by atoms with E-state index in [2.05, 4.69) is 38.1 Å². The Labute approximate surface area is 257 Å². The Morgan fingerprint density at radius 3 is 2.49 bits per heavy atom. The van der Waals surface area contributed by atoms with Crippen molar-refractivity contribution in [3.8, 4) is 0 Å². The predicted molar refractivity (Wildman–Crippen MR) is 171 cm³/mol. The van der Waals surface area contributed by atoms with Gasteiger partial charge in [0, 0.05) is 29.5 Å². The number of carbonyl (C=O) groups is 3. The molecule has 1 aliphatic heterocycles. The summed E-state index contributed by atoms with van der Waals surface area (Å²) in [6.07, 6.45) is 4.77. The van der Waals surface area contributed by atoms with Crippen LogP contribution in [0.5, 0.6) is 0 Å². The number of benzene rings is 1. The molecule has 0 saturated carbocycles. The Morgan fingerprint density at radius 2 is 1.81 bits per heavy atom. The molecule has 43 heavy (non-hydrogen) atoms. The highest BCUT2D eigenvalue weighted by atomic mass is 32.1. The third-order valence-corrected chi connectivity index (χ3v) is 7.97. The highest BCUT2D eigenvalue weighted by Crippen LogP contribution is 2.29. The van der Waals surface area contributed by atoms with Crippen molar-refractivity contribution in [2.45, 2.75) is 71.1 Å². The average molecular weight is 607 g/mol. The molecule has 0 spiro atoms. The molecule has 2 unspecified atom stereocenters. The molecule has 3 heterocycles. The quantitative estimate of drug-likeness (QED) is 0.206. The monoisotopic (exact) mass is 606 g/mol. The first-order chi connectivity index (χ1) is 20.6. The number of aromatic nitrogens is 1. The van der Waals surface area contributed by atoms with Crippen molar-refractivity contribution in [3.05, 3.63) is 76.2 Å². The summed E-state index contributed by atoms with van der Waals surface area (Å²) in [5, 5.41) is 15.1. The van der Waals surface area contributed by atoms with E-state index < -0.39 is 17.6 Å². The Bertz CT molecular complexity index is 1360. The van der Waals surface area contributed by atoms with Gasteiger partial charge in [-0.15, -0.1) is 11.3 Å². The van der Waals surface area contributed by atoms with E-state index in [1.54, 1.807) is 43.8 Å². The van der Waals surface area contributed by atoms with E-state index in [1.165, 1.54) is 11.3 Å². The lowest BCUT2D eigenvalue weighted by Crippen LogP contribution is -2.41. The van der Waals surface area contributed by atoms with Gasteiger partial charge in [-0.3, -0.25) is 15.1 Å². The number of hydrogen-bond acceptors (Lipinski definition) is 7. The Balaban J connectivity index is 1.40. The van der Waals surface area contributed by atoms with Crippen LogP contribution in [0.15, 0.2) is 59.4 Å². The molecule has 1 aliphatic rings. The predicted octanol–water partition coefficient (Wildman–Crippen LogP) is 6.20. The van der Waals surface area contributed by atoms with Crippen molar-refractivity contribution in [1.82, 2.24) is 20.5 Å². The summed E-state index contributed by atoms with van der Waals surface area (Å²) in [6.45, 7) is 10.1. The number of nitrogens with one attached hydrogen (secondary N) is 4. The van der Waals surface area contributed by atoms with E-state index in [1.807, 2.05) is 36.4 Å². The molecule has 2 atom stereocenters. The number of amides is 4. The summed E-state index contributed by atoms with van der Waals surface area (Å²) in [5.74, 6) is -0.409. The topological polar surface area (TPSA) is 125 Å². The van der Waals surface area contributed by atoms with Gasteiger partial charge >= 0.3 is 12.1 Å². The molecule has 10 nitrogen and oxygen atoms in total. The van der Waals surface area contributed by atoms with E-state index in [4.69, 9.17) is 4.74 Å². The number of thiophene rings is 1. The maximum atomic E-state index is 13.0. The molecule has 230 valence electrons. The molecule has 4 N–H and O–H groups in total. The van der Waals surface area contributed by atoms with E-state index in [0.717, 1.165) is 49.9 Å². The van der Waals surface area contributed by atoms with Gasteiger partial charge in [0.2, 0.25) is 0 Å². The van der Waals surface area contributed by atoms with Crippen molar-refractivity contribution in [2.24, 2.45) is 0 Å². The third kappa shape index (κ3) is 9.79. The lowest BCUT2D eigenvalue weighted by molar-refractivity contribution is 0.0635. The first-order valence-corrected chi connectivity index (χ1v) is 15.7. The van der Waals surface area contributed by atoms with Crippen molar-refractivity contribution >= 4 is 40.7 Å². The number of likely N-dealkylation sites (tertiary alicyclic amines) is 1. The fourth-order valence-electron chi connectivity index (χ4n) is 5.14. The van der Waals surface area contributed by atoms with E-state index in [9.17, 15) is 14.4 Å². The van der Waals surface area contributed by atoms with Crippen LogP contribution in [0.4, 0.5) is 21.0 Å². The van der Waals surface area contributed by atoms with Gasteiger partial charge in [-0.1, -0.05) is 43.3 Å². The van der Waals surface area contributed by atoms with E-state index in [-0.39, 0.29) is 17.8 Å². The van der Waals surface area contributed by atoms with Gasteiger partial charge in [0.25, 0.3) is 5.91 Å². The van der Waals surface area contributed by atoms with Gasteiger partial charge in [0.15, 0.2) is 0 Å². The van der Waals surface area contributed by atoms with Crippen LogP contribution >= 0.6 is 11.3 Å². The number of pyridine rings is 1. The standard InChI is InChI=1S/C32H42N6O4S/c1-5-38-17-9-12-24(38)18-26(36-30(40)33-16-15-22-10-7-6-8-11-22)23-13-14-25(34-19-23)29(39)35-27-20-43-21-28(27)37-31(41)42-32(2,3)4/h6-8,10-11,13-14,19-21,24,26H,5,9,12,15-18H2,1-4H3,(H,35,39)(H,37,41)(H2,33,36,40). The zero-order chi connectivity index (χ0) is 30.8. The Hall–Kier alpha value is -3.96. The number of nitrogens with zero attached hydrogens (tertiary/aromatic N) is 2. The van der Waals surface area contributed by atoms with Crippen LogP contribution in [0, 0.1) is 0 Å². The molecule has 3 aromatic rings. The van der Waals surface area contributed by atoms with Crippen LogP contribution in [0.1, 0.15) is 74.6 Å². The van der Waals surface area contributed by atoms with Gasteiger partial charge in [0.1, 0.15) is 11.3 Å². The molecule has 11 heteroatoms. The summed E-state index contributed by atoms with van der Waals surface area (Å²) in [5.41, 5.74) is 2.48. The van der Waals surface area contributed by atoms with Gasteiger partial charge in [-0.05, 0) is 76.7 Å². The van der Waals surface area contributed by atoms with Crippen LogP contribution in [-0.2, 0) is 11.2 Å². The minimum atomic E-state index is -0.642. The fourth-order valence-corrected chi connectivity index (χ4v) is 5.85. The second-order valence-corrected chi connectivity index (χ2v) is 12.3. The maximum Gasteiger partial charge on any atom is 0.412 e. The van der Waals surface area contributed by atoms with Gasteiger partial charge in [0.05, 0.1) is 17.4 Å². The molecular formula is C32H42N6O4S. The SMILES string of the molecule is CCN1CCCC1CC(NC(=O)NCCc1ccccc1)c1ccc(C(=O)Nc2cscc2NC(=O)OC(C)(C)C)nc1. The normalized spacial score (nSPS) is 15.9. The number of carbonyl (C=O) groups excluding carboxylic acids is 3. The molecule has 0 radical (unpaired) electrons. The second kappa shape index (κ2) is 15.0. The Kier molecular flexibility index (Phi) is 11.1. The average Bonchev–Trinajstić information content (AvgIpc) is 3.61. The van der Waals surface area contributed by atoms with E-state index >= 15 is 0 Å². The molecule has 0 aliphatic carbocycles. The fraction of sp³-hybridized carbons (Fsp3) is 0.438. The van der Waals surface area contributed by atoms with Gasteiger partial charge in [-0.25, -0.2) is 9.59 Å². The molecule has 4 amide bonds. The highest BCUT2D eigenvalue weighted by Gasteiger charge is 2.28. The zero-order valence-electron chi connectivity index (χ0n) is 25.3. The zero-order valence-corrected chi connectivity index (χ0v) is 26.1. The lowest BCUT2D eigenvalue weighted by atomic mass is 9.99. The smallest absolute Gasteiger partial charge is 0.412 e. The third-order valence-electron chi connectivity index (χ3n) is 7.23. The molecular weight excluding hydrogens is 564 g/mol. The largest absolute Gasteiger partial charge is 0.444 e. The number of urea groups is 1. The summed E-state index contributed by atoms with van der Waals surface area (Å²) >= 11 is 1.34. The molecule has 1 aromatic carbocycles. The molecule has 0 bridgehead atoms. The van der Waals surface area contributed by atoms with Gasteiger partial charge < -0.3 is 25.6 Å². The molecule has 2 aromatic heterocycles. The minimum Gasteiger partial charge on any atom is -0.444 e. The van der Waals surface area contributed by atoms with Crippen molar-refractivity contribution in [2.75, 3.05) is 30.3 Å². The van der Waals surface area contributed by atoms with Gasteiger partial charge in [-0.2, -0.15) is 0 Å². The maximum absolute atomic E-state index is 13.0. The second-order valence-electron chi connectivity index (χ2n) is 11.6. The molecule has 1 saturated heterocycles. The minimum absolute atomic E-state index is 0.222. The summed E-state index contributed by atoms with van der Waals surface area (Å²) in [6, 6.07) is 13.4. The first-order valence-electron chi connectivity index (χ1n) is 14.8.